The van der Waals surface area contributed by atoms with Gasteiger partial charge in [-0.2, -0.15) is 13.2 Å². The monoisotopic (exact) mass is 371 g/mol. The molecule has 0 fully saturated rings. The van der Waals surface area contributed by atoms with Gasteiger partial charge < -0.3 is 5.32 Å². The van der Waals surface area contributed by atoms with Crippen LogP contribution in [0.1, 0.15) is 33.9 Å². The summed E-state index contributed by atoms with van der Waals surface area (Å²) in [6.07, 6.45) is -3.94. The van der Waals surface area contributed by atoms with Gasteiger partial charge in [0.1, 0.15) is 0 Å². The van der Waals surface area contributed by atoms with E-state index >= 15 is 0 Å². The molecule has 1 unspecified atom stereocenters. The van der Waals surface area contributed by atoms with Crippen LogP contribution >= 0.6 is 23.4 Å². The molecular formula is C17H13ClF3NOS. The summed E-state index contributed by atoms with van der Waals surface area (Å²) in [6.45, 7) is 0. The number of carbonyl (C=O) groups excluding carboxylic acids is 1. The summed E-state index contributed by atoms with van der Waals surface area (Å²) >= 11 is 7.65. The van der Waals surface area contributed by atoms with Gasteiger partial charge in [-0.25, -0.2) is 0 Å². The van der Waals surface area contributed by atoms with Gasteiger partial charge in [0, 0.05) is 15.7 Å². The number of hydrogen-bond acceptors (Lipinski definition) is 2. The Balaban J connectivity index is 1.89. The second-order valence-electron chi connectivity index (χ2n) is 5.39. The predicted molar refractivity (Wildman–Crippen MR) is 88.4 cm³/mol. The van der Waals surface area contributed by atoms with Crippen molar-refractivity contribution in [2.45, 2.75) is 23.5 Å². The first-order valence-electron chi connectivity index (χ1n) is 7.25. The smallest absolute Gasteiger partial charge is 0.345 e. The van der Waals surface area contributed by atoms with Crippen molar-refractivity contribution in [3.63, 3.8) is 0 Å². The third-order valence-electron chi connectivity index (χ3n) is 3.79. The lowest BCUT2D eigenvalue weighted by Crippen LogP contribution is -2.32. The molecule has 0 radical (unpaired) electrons. The van der Waals surface area contributed by atoms with Crippen molar-refractivity contribution < 1.29 is 18.0 Å². The molecule has 2 aromatic carbocycles. The lowest BCUT2D eigenvalue weighted by Gasteiger charge is -2.26. The first-order valence-corrected chi connectivity index (χ1v) is 8.62. The minimum Gasteiger partial charge on any atom is -0.345 e. The number of nitrogens with one attached hydrogen (secondary N) is 1. The van der Waals surface area contributed by atoms with E-state index in [9.17, 15) is 18.0 Å². The van der Waals surface area contributed by atoms with E-state index in [1.54, 1.807) is 23.9 Å². The molecule has 1 aliphatic heterocycles. The Morgan fingerprint density at radius 3 is 2.71 bits per heavy atom. The predicted octanol–water partition coefficient (Wildman–Crippen LogP) is 5.33. The summed E-state index contributed by atoms with van der Waals surface area (Å²) in [6, 6.07) is 9.82. The Hall–Kier alpha value is -1.66. The van der Waals surface area contributed by atoms with E-state index in [4.69, 9.17) is 11.6 Å². The summed E-state index contributed by atoms with van der Waals surface area (Å²) in [4.78, 5) is 13.4. The van der Waals surface area contributed by atoms with E-state index in [0.29, 0.717) is 11.4 Å². The average Bonchev–Trinajstić information content (AvgIpc) is 2.54. The fourth-order valence-electron chi connectivity index (χ4n) is 2.68. The Labute approximate surface area is 146 Å². The molecule has 2 aromatic rings. The Bertz CT molecular complexity index is 779. The zero-order valence-electron chi connectivity index (χ0n) is 12.4. The molecule has 1 heterocycles. The molecule has 0 saturated carbocycles. The molecule has 0 bridgehead atoms. The summed E-state index contributed by atoms with van der Waals surface area (Å²) in [5, 5.41) is 3.25. The zero-order chi connectivity index (χ0) is 17.3. The number of amides is 1. The Kier molecular flexibility index (Phi) is 4.78. The fraction of sp³-hybridized carbons (Fsp3) is 0.235. The first kappa shape index (κ1) is 17.2. The van der Waals surface area contributed by atoms with Crippen molar-refractivity contribution in [3.05, 3.63) is 64.2 Å². The van der Waals surface area contributed by atoms with Crippen molar-refractivity contribution in [2.24, 2.45) is 0 Å². The zero-order valence-corrected chi connectivity index (χ0v) is 13.9. The highest BCUT2D eigenvalue weighted by Gasteiger charge is 2.35. The van der Waals surface area contributed by atoms with E-state index in [1.165, 1.54) is 18.2 Å². The SMILES string of the molecule is O=C(NC1CCSc2ccc(Cl)cc21)c1ccccc1C(F)(F)F. The normalized spacial score (nSPS) is 17.2. The molecular weight excluding hydrogens is 359 g/mol. The van der Waals surface area contributed by atoms with Gasteiger partial charge in [-0.1, -0.05) is 23.7 Å². The third-order valence-corrected chi connectivity index (χ3v) is 5.15. The van der Waals surface area contributed by atoms with Gasteiger partial charge in [-0.15, -0.1) is 11.8 Å². The molecule has 0 aliphatic carbocycles. The summed E-state index contributed by atoms with van der Waals surface area (Å²) in [7, 11) is 0. The van der Waals surface area contributed by atoms with E-state index < -0.39 is 17.6 Å². The third kappa shape index (κ3) is 3.54. The molecule has 0 saturated heterocycles. The van der Waals surface area contributed by atoms with E-state index in [2.05, 4.69) is 5.32 Å². The second-order valence-corrected chi connectivity index (χ2v) is 6.96. The quantitative estimate of drug-likeness (QED) is 0.773. The van der Waals surface area contributed by atoms with Crippen molar-refractivity contribution in [3.8, 4) is 0 Å². The molecule has 7 heteroatoms. The van der Waals surface area contributed by atoms with Crippen LogP contribution in [-0.2, 0) is 6.18 Å². The second kappa shape index (κ2) is 6.69. The summed E-state index contributed by atoms with van der Waals surface area (Å²) < 4.78 is 39.2. The van der Waals surface area contributed by atoms with Crippen LogP contribution in [-0.4, -0.2) is 11.7 Å². The number of rotatable bonds is 2. The highest BCUT2D eigenvalue weighted by atomic mass is 35.5. The van der Waals surface area contributed by atoms with Crippen LogP contribution in [0.25, 0.3) is 0 Å². The van der Waals surface area contributed by atoms with Gasteiger partial charge in [0.25, 0.3) is 5.91 Å². The van der Waals surface area contributed by atoms with Crippen LogP contribution in [0.15, 0.2) is 47.4 Å². The first-order chi connectivity index (χ1) is 11.4. The minimum atomic E-state index is -4.57. The number of hydrogen-bond donors (Lipinski definition) is 1. The van der Waals surface area contributed by atoms with Gasteiger partial charge in [0.15, 0.2) is 0 Å². The number of alkyl halides is 3. The van der Waals surface area contributed by atoms with Crippen LogP contribution in [0.3, 0.4) is 0 Å². The van der Waals surface area contributed by atoms with E-state index in [-0.39, 0.29) is 11.6 Å². The number of benzene rings is 2. The molecule has 2 nitrogen and oxygen atoms in total. The number of fused-ring (bicyclic) bond motifs is 1. The molecule has 0 spiro atoms. The lowest BCUT2D eigenvalue weighted by molar-refractivity contribution is -0.137. The summed E-state index contributed by atoms with van der Waals surface area (Å²) in [5.41, 5.74) is -0.456. The van der Waals surface area contributed by atoms with Crippen molar-refractivity contribution in [1.82, 2.24) is 5.32 Å². The molecule has 1 N–H and O–H groups in total. The Morgan fingerprint density at radius 1 is 1.21 bits per heavy atom. The minimum absolute atomic E-state index is 0.353. The van der Waals surface area contributed by atoms with Crippen LogP contribution in [0.5, 0.6) is 0 Å². The molecule has 126 valence electrons. The lowest BCUT2D eigenvalue weighted by atomic mass is 10.0. The van der Waals surface area contributed by atoms with Crippen molar-refractivity contribution >= 4 is 29.3 Å². The average molecular weight is 372 g/mol. The van der Waals surface area contributed by atoms with Gasteiger partial charge >= 0.3 is 6.18 Å². The van der Waals surface area contributed by atoms with Crippen LogP contribution in [0.4, 0.5) is 13.2 Å². The van der Waals surface area contributed by atoms with Gasteiger partial charge in [0.05, 0.1) is 17.2 Å². The molecule has 1 atom stereocenters. The van der Waals surface area contributed by atoms with Crippen LogP contribution < -0.4 is 5.32 Å². The maximum absolute atomic E-state index is 13.1. The van der Waals surface area contributed by atoms with Crippen LogP contribution in [0, 0.1) is 0 Å². The molecule has 24 heavy (non-hydrogen) atoms. The topological polar surface area (TPSA) is 29.1 Å². The number of thioether (sulfide) groups is 1. The van der Waals surface area contributed by atoms with E-state index in [0.717, 1.165) is 22.3 Å². The molecule has 0 aromatic heterocycles. The number of halogens is 4. The Morgan fingerprint density at radius 2 is 1.96 bits per heavy atom. The highest BCUT2D eigenvalue weighted by molar-refractivity contribution is 7.99. The molecule has 3 rings (SSSR count). The van der Waals surface area contributed by atoms with Crippen molar-refractivity contribution in [1.29, 1.82) is 0 Å². The van der Waals surface area contributed by atoms with Crippen molar-refractivity contribution in [2.75, 3.05) is 5.75 Å². The standard InChI is InChI=1S/C17H13ClF3NOS/c18-10-5-6-15-12(9-10)14(7-8-24-15)22-16(23)11-3-1-2-4-13(11)17(19,20)21/h1-6,9,14H,7-8H2,(H,22,23). The summed E-state index contributed by atoms with van der Waals surface area (Å²) in [5.74, 6) is 0.0475. The van der Waals surface area contributed by atoms with Crippen LogP contribution in [0.2, 0.25) is 5.02 Å². The highest BCUT2D eigenvalue weighted by Crippen LogP contribution is 2.38. The molecule has 1 aliphatic rings. The largest absolute Gasteiger partial charge is 0.417 e. The van der Waals surface area contributed by atoms with E-state index in [1.807, 2.05) is 6.07 Å². The maximum atomic E-state index is 13.1. The van der Waals surface area contributed by atoms with Gasteiger partial charge in [-0.05, 0) is 42.3 Å². The maximum Gasteiger partial charge on any atom is 0.417 e. The number of carbonyl (C=O) groups is 1. The van der Waals surface area contributed by atoms with Gasteiger partial charge in [-0.3, -0.25) is 4.79 Å². The van der Waals surface area contributed by atoms with Gasteiger partial charge in [0.2, 0.25) is 0 Å². The fourth-order valence-corrected chi connectivity index (χ4v) is 3.97. The molecule has 1 amide bonds.